The Morgan fingerprint density at radius 3 is 1.67 bits per heavy atom. The second-order valence-electron chi connectivity index (χ2n) is 4.86. The highest BCUT2D eigenvalue weighted by Gasteiger charge is 2.27. The molecule has 0 fully saturated rings. The van der Waals surface area contributed by atoms with Crippen molar-refractivity contribution in [2.45, 2.75) is 77.9 Å². The molecule has 0 saturated carbocycles. The second-order valence-corrected chi connectivity index (χ2v) is 9.05. The minimum absolute atomic E-state index is 1.01. The van der Waals surface area contributed by atoms with Gasteiger partial charge in [-0.15, -0.1) is 0 Å². The highest BCUT2D eigenvalue weighted by Crippen LogP contribution is 2.23. The molecule has 2 heteroatoms. The quantitative estimate of drug-likeness (QED) is 0.380. The van der Waals surface area contributed by atoms with Crippen LogP contribution in [0.25, 0.3) is 0 Å². The Bertz CT molecular complexity index is 128. The molecule has 0 rings (SSSR count). The van der Waals surface area contributed by atoms with Crippen LogP contribution in [0.5, 0.6) is 0 Å². The van der Waals surface area contributed by atoms with Gasteiger partial charge in [0.2, 0.25) is 0 Å². The van der Waals surface area contributed by atoms with E-state index in [-0.39, 0.29) is 0 Å². The largest absolute Gasteiger partial charge is 0.417 e. The van der Waals surface area contributed by atoms with Crippen molar-refractivity contribution in [1.29, 1.82) is 0 Å². The van der Waals surface area contributed by atoms with Gasteiger partial charge < -0.3 is 4.43 Å². The van der Waals surface area contributed by atoms with Crippen molar-refractivity contribution in [2.24, 2.45) is 0 Å². The predicted molar refractivity (Wildman–Crippen MR) is 71.9 cm³/mol. The molecule has 0 amide bonds. The number of unbranched alkanes of at least 4 members (excludes halogenated alkanes) is 3. The van der Waals surface area contributed by atoms with E-state index in [1.165, 1.54) is 50.6 Å². The van der Waals surface area contributed by atoms with Crippen LogP contribution in [0.1, 0.15) is 59.3 Å². The standard InChI is InChI=1S/C13H30OSi/c1-5-8-11-14-15(4,12-9-6-2)13-10-7-3/h5-13H2,1-4H3. The van der Waals surface area contributed by atoms with E-state index in [9.17, 15) is 0 Å². The Kier molecular flexibility index (Phi) is 9.52. The van der Waals surface area contributed by atoms with E-state index in [4.69, 9.17) is 4.43 Å². The first-order chi connectivity index (χ1) is 7.18. The van der Waals surface area contributed by atoms with Crippen LogP contribution in [-0.2, 0) is 4.43 Å². The van der Waals surface area contributed by atoms with E-state index >= 15 is 0 Å². The lowest BCUT2D eigenvalue weighted by Crippen LogP contribution is -2.34. The van der Waals surface area contributed by atoms with Gasteiger partial charge in [0.25, 0.3) is 0 Å². The summed E-state index contributed by atoms with van der Waals surface area (Å²) in [6.07, 6.45) is 7.84. The molecule has 0 radical (unpaired) electrons. The van der Waals surface area contributed by atoms with E-state index in [2.05, 4.69) is 27.3 Å². The van der Waals surface area contributed by atoms with Crippen LogP contribution < -0.4 is 0 Å². The molecule has 0 aliphatic heterocycles. The molecule has 92 valence electrons. The maximum atomic E-state index is 6.21. The Morgan fingerprint density at radius 2 is 1.27 bits per heavy atom. The van der Waals surface area contributed by atoms with E-state index in [0.717, 1.165) is 6.61 Å². The molecule has 0 aromatic rings. The molecular formula is C13H30OSi. The van der Waals surface area contributed by atoms with E-state index < -0.39 is 8.32 Å². The molecule has 0 aromatic heterocycles. The molecule has 0 aliphatic carbocycles. The molecule has 1 nitrogen and oxygen atoms in total. The van der Waals surface area contributed by atoms with Gasteiger partial charge in [-0.3, -0.25) is 0 Å². The maximum Gasteiger partial charge on any atom is 0.189 e. The van der Waals surface area contributed by atoms with Crippen molar-refractivity contribution < 1.29 is 4.43 Å². The van der Waals surface area contributed by atoms with Crippen LogP contribution in [0.2, 0.25) is 18.6 Å². The van der Waals surface area contributed by atoms with Gasteiger partial charge in [-0.05, 0) is 25.1 Å². The molecule has 0 heterocycles. The third-order valence-electron chi connectivity index (χ3n) is 3.07. The van der Waals surface area contributed by atoms with Crippen LogP contribution in [0.4, 0.5) is 0 Å². The van der Waals surface area contributed by atoms with E-state index in [0.29, 0.717) is 0 Å². The summed E-state index contributed by atoms with van der Waals surface area (Å²) in [6, 6.07) is 2.74. The minimum atomic E-state index is -1.33. The third-order valence-corrected chi connectivity index (χ3v) is 6.79. The van der Waals surface area contributed by atoms with E-state index in [1.54, 1.807) is 0 Å². The van der Waals surface area contributed by atoms with Gasteiger partial charge in [-0.1, -0.05) is 52.9 Å². The van der Waals surface area contributed by atoms with Crippen molar-refractivity contribution in [3.05, 3.63) is 0 Å². The summed E-state index contributed by atoms with van der Waals surface area (Å²) in [4.78, 5) is 0. The van der Waals surface area contributed by atoms with Crippen LogP contribution in [-0.4, -0.2) is 14.9 Å². The first kappa shape index (κ1) is 15.2. The fourth-order valence-corrected chi connectivity index (χ4v) is 5.21. The zero-order chi connectivity index (χ0) is 11.6. The zero-order valence-electron chi connectivity index (χ0n) is 11.3. The zero-order valence-corrected chi connectivity index (χ0v) is 12.3. The lowest BCUT2D eigenvalue weighted by Gasteiger charge is -2.27. The Balaban J connectivity index is 3.89. The SMILES string of the molecule is CCCCO[Si](C)(CCCC)CCCC. The maximum absolute atomic E-state index is 6.21. The second kappa shape index (κ2) is 9.41. The smallest absolute Gasteiger partial charge is 0.189 e. The van der Waals surface area contributed by atoms with Gasteiger partial charge in [-0.25, -0.2) is 0 Å². The van der Waals surface area contributed by atoms with Gasteiger partial charge in [0, 0.05) is 6.61 Å². The molecule has 0 aromatic carbocycles. The summed E-state index contributed by atoms with van der Waals surface area (Å²) in [5.74, 6) is 0. The molecule has 0 bridgehead atoms. The lowest BCUT2D eigenvalue weighted by molar-refractivity contribution is 0.292. The molecule has 0 unspecified atom stereocenters. The normalized spacial score (nSPS) is 12.0. The monoisotopic (exact) mass is 230 g/mol. The Hall–Kier alpha value is 0.177. The highest BCUT2D eigenvalue weighted by atomic mass is 28.4. The molecule has 15 heavy (non-hydrogen) atoms. The third kappa shape index (κ3) is 8.03. The summed E-state index contributed by atoms with van der Waals surface area (Å²) in [6.45, 7) is 10.2. The Labute approximate surface area is 97.7 Å². The van der Waals surface area contributed by atoms with Gasteiger partial charge in [-0.2, -0.15) is 0 Å². The molecule has 0 N–H and O–H groups in total. The lowest BCUT2D eigenvalue weighted by atomic mass is 10.4. The minimum Gasteiger partial charge on any atom is -0.417 e. The molecule has 0 atom stereocenters. The number of hydrogen-bond donors (Lipinski definition) is 0. The average molecular weight is 230 g/mol. The average Bonchev–Trinajstić information content (AvgIpc) is 2.24. The van der Waals surface area contributed by atoms with Crippen molar-refractivity contribution in [3.63, 3.8) is 0 Å². The van der Waals surface area contributed by atoms with Gasteiger partial charge in [0.05, 0.1) is 0 Å². The molecule has 0 aliphatic rings. The summed E-state index contributed by atoms with van der Waals surface area (Å²) in [5, 5.41) is 0. The van der Waals surface area contributed by atoms with Crippen molar-refractivity contribution >= 4 is 8.32 Å². The fourth-order valence-electron chi connectivity index (χ4n) is 1.83. The number of rotatable bonds is 10. The summed E-state index contributed by atoms with van der Waals surface area (Å²) < 4.78 is 6.21. The van der Waals surface area contributed by atoms with Crippen LogP contribution >= 0.6 is 0 Å². The first-order valence-corrected chi connectivity index (χ1v) is 9.64. The summed E-state index contributed by atoms with van der Waals surface area (Å²) in [5.41, 5.74) is 0. The summed E-state index contributed by atoms with van der Waals surface area (Å²) in [7, 11) is -1.33. The first-order valence-electron chi connectivity index (χ1n) is 6.82. The molecule has 0 saturated heterocycles. The van der Waals surface area contributed by atoms with Crippen LogP contribution in [0.3, 0.4) is 0 Å². The highest BCUT2D eigenvalue weighted by molar-refractivity contribution is 6.72. The van der Waals surface area contributed by atoms with Crippen molar-refractivity contribution in [3.8, 4) is 0 Å². The topological polar surface area (TPSA) is 9.23 Å². The summed E-state index contributed by atoms with van der Waals surface area (Å²) >= 11 is 0. The fraction of sp³-hybridized carbons (Fsp3) is 1.00. The van der Waals surface area contributed by atoms with Crippen LogP contribution in [0.15, 0.2) is 0 Å². The molecule has 0 spiro atoms. The van der Waals surface area contributed by atoms with Gasteiger partial charge in [0.15, 0.2) is 8.32 Å². The Morgan fingerprint density at radius 1 is 0.800 bits per heavy atom. The van der Waals surface area contributed by atoms with Crippen LogP contribution in [0, 0.1) is 0 Å². The van der Waals surface area contributed by atoms with E-state index in [1.807, 2.05) is 0 Å². The predicted octanol–water partition coefficient (Wildman–Crippen LogP) is 4.98. The van der Waals surface area contributed by atoms with Crippen molar-refractivity contribution in [2.75, 3.05) is 6.61 Å². The van der Waals surface area contributed by atoms with Crippen molar-refractivity contribution in [1.82, 2.24) is 0 Å². The molecular weight excluding hydrogens is 200 g/mol. The van der Waals surface area contributed by atoms with Gasteiger partial charge >= 0.3 is 0 Å². The number of hydrogen-bond acceptors (Lipinski definition) is 1. The van der Waals surface area contributed by atoms with Gasteiger partial charge in [0.1, 0.15) is 0 Å².